The molecule has 4 rings (SSSR count). The monoisotopic (exact) mass is 348 g/mol. The van der Waals surface area contributed by atoms with E-state index in [0.717, 1.165) is 28.0 Å². The molecule has 1 unspecified atom stereocenters. The number of nitrogens with zero attached hydrogens (tertiary/aromatic N) is 2. The number of imidazole rings is 1. The molecule has 0 saturated heterocycles. The second kappa shape index (κ2) is 6.48. The first kappa shape index (κ1) is 16.1. The number of anilines is 1. The molecule has 0 bridgehead atoms. The average Bonchev–Trinajstić information content (AvgIpc) is 3.14. The van der Waals surface area contributed by atoms with Crippen molar-refractivity contribution in [3.8, 4) is 0 Å². The normalized spacial score (nSPS) is 15.7. The highest BCUT2D eigenvalue weighted by molar-refractivity contribution is 5.96. The zero-order valence-corrected chi connectivity index (χ0v) is 13.9. The lowest BCUT2D eigenvalue weighted by Crippen LogP contribution is -2.36. The minimum Gasteiger partial charge on any atom is -0.370 e. The maximum atomic E-state index is 13.3. The summed E-state index contributed by atoms with van der Waals surface area (Å²) in [6.07, 6.45) is 7.16. The smallest absolute Gasteiger partial charge is 0.243 e. The van der Waals surface area contributed by atoms with E-state index in [-0.39, 0.29) is 5.82 Å². The number of aromatic nitrogens is 2. The summed E-state index contributed by atoms with van der Waals surface area (Å²) in [5.41, 5.74) is 10.1. The fourth-order valence-corrected chi connectivity index (χ4v) is 3.14. The highest BCUT2D eigenvalue weighted by Gasteiger charge is 2.23. The Morgan fingerprint density at radius 2 is 2.04 bits per heavy atom. The molecule has 0 fully saturated rings. The van der Waals surface area contributed by atoms with Crippen LogP contribution in [-0.2, 0) is 11.3 Å². The van der Waals surface area contributed by atoms with E-state index in [0.29, 0.717) is 6.54 Å². The van der Waals surface area contributed by atoms with Gasteiger partial charge in [0.05, 0.1) is 6.33 Å². The summed E-state index contributed by atoms with van der Waals surface area (Å²) in [6, 6.07) is 11.6. The van der Waals surface area contributed by atoms with E-state index >= 15 is 0 Å². The minimum atomic E-state index is -0.619. The lowest BCUT2D eigenvalue weighted by atomic mass is 9.90. The Bertz CT molecular complexity index is 978. The van der Waals surface area contributed by atoms with Gasteiger partial charge in [0, 0.05) is 30.2 Å². The van der Waals surface area contributed by atoms with Crippen LogP contribution in [0, 0.1) is 5.82 Å². The zero-order chi connectivity index (χ0) is 18.1. The molecule has 1 aliphatic rings. The van der Waals surface area contributed by atoms with Gasteiger partial charge in [0.25, 0.3) is 0 Å². The molecule has 0 saturated carbocycles. The van der Waals surface area contributed by atoms with Crippen LogP contribution in [0.3, 0.4) is 0 Å². The van der Waals surface area contributed by atoms with Crippen LogP contribution in [0.5, 0.6) is 0 Å². The Morgan fingerprint density at radius 3 is 2.73 bits per heavy atom. The molecule has 3 aromatic rings. The van der Waals surface area contributed by atoms with Crippen molar-refractivity contribution in [1.82, 2.24) is 9.55 Å². The van der Waals surface area contributed by atoms with Crippen LogP contribution in [0.1, 0.15) is 16.7 Å². The summed E-state index contributed by atoms with van der Waals surface area (Å²) in [7, 11) is 0. The van der Waals surface area contributed by atoms with E-state index in [1.807, 2.05) is 29.0 Å². The number of halogens is 1. The summed E-state index contributed by atoms with van der Waals surface area (Å²) in [5.74, 6) is -0.763. The minimum absolute atomic E-state index is 0.300. The summed E-state index contributed by atoms with van der Waals surface area (Å²) < 4.78 is 15.2. The Kier molecular flexibility index (Phi) is 4.01. The van der Waals surface area contributed by atoms with Gasteiger partial charge in [-0.05, 0) is 41.0 Å². The molecule has 0 spiro atoms. The van der Waals surface area contributed by atoms with Gasteiger partial charge in [0.15, 0.2) is 0 Å². The number of rotatable bonds is 4. The molecular weight excluding hydrogens is 331 g/mol. The number of hydrogen-bond acceptors (Lipinski definition) is 3. The van der Waals surface area contributed by atoms with E-state index in [9.17, 15) is 9.18 Å². The Balaban J connectivity index is 1.75. The van der Waals surface area contributed by atoms with Gasteiger partial charge in [-0.15, -0.1) is 0 Å². The Hall–Kier alpha value is -3.41. The highest BCUT2D eigenvalue weighted by atomic mass is 19.1. The van der Waals surface area contributed by atoms with Crippen molar-refractivity contribution < 1.29 is 9.18 Å². The Labute approximate surface area is 150 Å². The molecule has 2 aromatic carbocycles. The highest BCUT2D eigenvalue weighted by Crippen LogP contribution is 2.35. The lowest BCUT2D eigenvalue weighted by Gasteiger charge is -2.25. The van der Waals surface area contributed by atoms with Crippen molar-refractivity contribution in [2.24, 2.45) is 5.73 Å². The first-order valence-electron chi connectivity index (χ1n) is 8.23. The van der Waals surface area contributed by atoms with Crippen LogP contribution in [0.15, 0.2) is 67.3 Å². The first-order valence-corrected chi connectivity index (χ1v) is 8.23. The Morgan fingerprint density at radius 1 is 1.23 bits per heavy atom. The van der Waals surface area contributed by atoms with E-state index in [1.165, 1.54) is 12.1 Å². The van der Waals surface area contributed by atoms with E-state index in [1.54, 1.807) is 30.7 Å². The molecule has 1 aromatic heterocycles. The fourth-order valence-electron chi connectivity index (χ4n) is 3.14. The molecule has 1 amide bonds. The van der Waals surface area contributed by atoms with Gasteiger partial charge in [0.2, 0.25) is 5.91 Å². The predicted octanol–water partition coefficient (Wildman–Crippen LogP) is 2.78. The lowest BCUT2D eigenvalue weighted by molar-refractivity contribution is -0.117. The second-order valence-corrected chi connectivity index (χ2v) is 6.23. The van der Waals surface area contributed by atoms with Crippen molar-refractivity contribution in [3.05, 3.63) is 89.8 Å². The maximum absolute atomic E-state index is 13.3. The standard InChI is InChI=1S/C20H17FN4O/c21-15-4-2-14(3-5-15)17-10-19(20(22)26)24-18-9-13(1-6-16(17)18)11-25-8-7-23-12-25/h1-10,12,19,24H,11H2,(H2,22,26). The molecule has 0 aliphatic carbocycles. The van der Waals surface area contributed by atoms with Crippen LogP contribution < -0.4 is 11.1 Å². The topological polar surface area (TPSA) is 72.9 Å². The number of benzene rings is 2. The van der Waals surface area contributed by atoms with Crippen molar-refractivity contribution in [2.45, 2.75) is 12.6 Å². The van der Waals surface area contributed by atoms with Crippen molar-refractivity contribution in [3.63, 3.8) is 0 Å². The van der Waals surface area contributed by atoms with Gasteiger partial charge in [-0.1, -0.05) is 24.3 Å². The molecule has 2 heterocycles. The van der Waals surface area contributed by atoms with Gasteiger partial charge >= 0.3 is 0 Å². The van der Waals surface area contributed by atoms with Gasteiger partial charge < -0.3 is 15.6 Å². The largest absolute Gasteiger partial charge is 0.370 e. The molecule has 130 valence electrons. The molecule has 3 N–H and O–H groups in total. The molecule has 1 aliphatic heterocycles. The molecular formula is C20H17FN4O. The molecule has 26 heavy (non-hydrogen) atoms. The number of fused-ring (bicyclic) bond motifs is 1. The van der Waals surface area contributed by atoms with E-state index < -0.39 is 11.9 Å². The number of amides is 1. The van der Waals surface area contributed by atoms with Gasteiger partial charge in [0.1, 0.15) is 11.9 Å². The second-order valence-electron chi connectivity index (χ2n) is 6.23. The molecule has 0 radical (unpaired) electrons. The number of carbonyl (C=O) groups is 1. The summed E-state index contributed by atoms with van der Waals surface area (Å²) in [4.78, 5) is 15.8. The van der Waals surface area contributed by atoms with Crippen LogP contribution in [0.4, 0.5) is 10.1 Å². The molecule has 6 heteroatoms. The maximum Gasteiger partial charge on any atom is 0.243 e. The number of primary amides is 1. The van der Waals surface area contributed by atoms with E-state index in [4.69, 9.17) is 5.73 Å². The number of nitrogens with one attached hydrogen (secondary N) is 1. The fraction of sp³-hybridized carbons (Fsp3) is 0.100. The van der Waals surface area contributed by atoms with E-state index in [2.05, 4.69) is 10.3 Å². The quantitative estimate of drug-likeness (QED) is 0.761. The third kappa shape index (κ3) is 3.09. The predicted molar refractivity (Wildman–Crippen MR) is 97.9 cm³/mol. The van der Waals surface area contributed by atoms with Gasteiger partial charge in [-0.25, -0.2) is 9.37 Å². The van der Waals surface area contributed by atoms with Gasteiger partial charge in [-0.2, -0.15) is 0 Å². The first-order chi connectivity index (χ1) is 12.6. The van der Waals surface area contributed by atoms with Crippen LogP contribution >= 0.6 is 0 Å². The van der Waals surface area contributed by atoms with Crippen LogP contribution in [-0.4, -0.2) is 21.5 Å². The number of nitrogens with two attached hydrogens (primary N) is 1. The van der Waals surface area contributed by atoms with Crippen molar-refractivity contribution >= 4 is 17.2 Å². The summed E-state index contributed by atoms with van der Waals surface area (Å²) in [5, 5.41) is 3.18. The average molecular weight is 348 g/mol. The van der Waals surface area contributed by atoms with Crippen molar-refractivity contribution in [1.29, 1.82) is 0 Å². The van der Waals surface area contributed by atoms with Crippen LogP contribution in [0.25, 0.3) is 5.57 Å². The third-order valence-electron chi connectivity index (χ3n) is 4.40. The van der Waals surface area contributed by atoms with Crippen molar-refractivity contribution in [2.75, 3.05) is 5.32 Å². The van der Waals surface area contributed by atoms with Gasteiger partial charge in [-0.3, -0.25) is 4.79 Å². The zero-order valence-electron chi connectivity index (χ0n) is 13.9. The molecule has 5 nitrogen and oxygen atoms in total. The molecule has 1 atom stereocenters. The number of carbonyl (C=O) groups excluding carboxylic acids is 1. The number of hydrogen-bond donors (Lipinski definition) is 2. The third-order valence-corrected chi connectivity index (χ3v) is 4.40. The SMILES string of the molecule is NC(=O)C1C=C(c2ccc(F)cc2)c2ccc(Cn3ccnc3)cc2N1. The summed E-state index contributed by atoms with van der Waals surface area (Å²) >= 11 is 0. The van der Waals surface area contributed by atoms with Crippen LogP contribution in [0.2, 0.25) is 0 Å². The summed E-state index contributed by atoms with van der Waals surface area (Å²) in [6.45, 7) is 0.672.